The summed E-state index contributed by atoms with van der Waals surface area (Å²) in [6.45, 7) is 9.82. The summed E-state index contributed by atoms with van der Waals surface area (Å²) in [5, 5.41) is 2.99. The van der Waals surface area contributed by atoms with Crippen LogP contribution in [0, 0.1) is 0 Å². The third kappa shape index (κ3) is 5.14. The number of piperazine rings is 1. The molecule has 0 spiro atoms. The number of amides is 2. The van der Waals surface area contributed by atoms with E-state index in [0.717, 1.165) is 37.7 Å². The number of nitrogens with zero attached hydrogens (tertiary/aromatic N) is 3. The molecule has 3 rings (SSSR count). The summed E-state index contributed by atoms with van der Waals surface area (Å²) in [7, 11) is 0. The van der Waals surface area contributed by atoms with Gasteiger partial charge in [-0.25, -0.2) is 4.79 Å². The lowest BCUT2D eigenvalue weighted by Crippen LogP contribution is -2.54. The van der Waals surface area contributed by atoms with E-state index in [1.807, 2.05) is 31.2 Å². The van der Waals surface area contributed by atoms with E-state index < -0.39 is 0 Å². The number of benzene rings is 1. The van der Waals surface area contributed by atoms with Crippen molar-refractivity contribution in [2.75, 3.05) is 69.3 Å². The van der Waals surface area contributed by atoms with Crippen LogP contribution in [0.25, 0.3) is 0 Å². The summed E-state index contributed by atoms with van der Waals surface area (Å²) in [6.07, 6.45) is -0.278. The van der Waals surface area contributed by atoms with Crippen LogP contribution in [0.5, 0.6) is 0 Å². The maximum atomic E-state index is 12.6. The quantitative estimate of drug-likeness (QED) is 0.824. The lowest BCUT2D eigenvalue weighted by molar-refractivity contribution is -0.121. The molecule has 2 amide bonds. The van der Waals surface area contributed by atoms with E-state index in [9.17, 15) is 9.59 Å². The molecule has 2 aliphatic heterocycles. The zero-order chi connectivity index (χ0) is 19.9. The van der Waals surface area contributed by atoms with Crippen molar-refractivity contribution in [3.8, 4) is 0 Å². The highest BCUT2D eigenvalue weighted by Gasteiger charge is 2.28. The Morgan fingerprint density at radius 3 is 2.32 bits per heavy atom. The van der Waals surface area contributed by atoms with Gasteiger partial charge in [0.25, 0.3) is 0 Å². The number of carbonyl (C=O) groups is 2. The third-order valence-corrected chi connectivity index (χ3v) is 5.28. The topological polar surface area (TPSA) is 74.4 Å². The summed E-state index contributed by atoms with van der Waals surface area (Å²) >= 11 is 0. The van der Waals surface area contributed by atoms with Crippen molar-refractivity contribution in [3.63, 3.8) is 0 Å². The molecule has 2 fully saturated rings. The van der Waals surface area contributed by atoms with Gasteiger partial charge in [0.1, 0.15) is 0 Å². The average molecular weight is 390 g/mol. The number of carbonyl (C=O) groups excluding carboxylic acids is 2. The van der Waals surface area contributed by atoms with E-state index in [4.69, 9.17) is 9.47 Å². The molecular weight excluding hydrogens is 360 g/mol. The number of rotatable bonds is 5. The standard InChI is InChI=1S/C20H30N4O4/c1-3-28-20(26)24-10-8-22(9-11-24)16(2)19(25)21-17-4-6-18(7-5-17)23-12-14-27-15-13-23/h4-7,16H,3,8-15H2,1-2H3,(H,21,25)/t16-/m1/s1. The molecule has 1 atom stereocenters. The Morgan fingerprint density at radius 1 is 1.07 bits per heavy atom. The number of morpholine rings is 1. The van der Waals surface area contributed by atoms with Gasteiger partial charge in [0.15, 0.2) is 0 Å². The van der Waals surface area contributed by atoms with Gasteiger partial charge in [-0.05, 0) is 38.1 Å². The minimum atomic E-state index is -0.278. The Hall–Kier alpha value is -2.32. The molecule has 0 bridgehead atoms. The van der Waals surface area contributed by atoms with Crippen LogP contribution >= 0.6 is 0 Å². The molecule has 8 nitrogen and oxygen atoms in total. The van der Waals surface area contributed by atoms with Gasteiger partial charge < -0.3 is 24.6 Å². The van der Waals surface area contributed by atoms with Crippen LogP contribution in [-0.4, -0.2) is 86.9 Å². The van der Waals surface area contributed by atoms with Gasteiger partial charge in [0.05, 0.1) is 25.9 Å². The normalized spacial score (nSPS) is 19.2. The molecule has 0 aliphatic carbocycles. The van der Waals surface area contributed by atoms with Crippen molar-refractivity contribution >= 4 is 23.4 Å². The van der Waals surface area contributed by atoms with Gasteiger partial charge >= 0.3 is 6.09 Å². The van der Waals surface area contributed by atoms with Gasteiger partial charge in [-0.3, -0.25) is 9.69 Å². The van der Waals surface area contributed by atoms with Crippen molar-refractivity contribution < 1.29 is 19.1 Å². The molecule has 1 N–H and O–H groups in total. The van der Waals surface area contributed by atoms with Crippen LogP contribution in [0.1, 0.15) is 13.8 Å². The van der Waals surface area contributed by atoms with E-state index in [1.165, 1.54) is 0 Å². The Bertz CT molecular complexity index is 653. The number of ether oxygens (including phenoxy) is 2. The third-order valence-electron chi connectivity index (χ3n) is 5.28. The van der Waals surface area contributed by atoms with Gasteiger partial charge in [-0.2, -0.15) is 0 Å². The van der Waals surface area contributed by atoms with Crippen molar-refractivity contribution in [3.05, 3.63) is 24.3 Å². The summed E-state index contributed by atoms with van der Waals surface area (Å²) in [5.74, 6) is -0.0382. The lowest BCUT2D eigenvalue weighted by Gasteiger charge is -2.36. The second-order valence-electron chi connectivity index (χ2n) is 7.03. The molecule has 1 aromatic rings. The molecule has 154 valence electrons. The summed E-state index contributed by atoms with van der Waals surface area (Å²) in [5.41, 5.74) is 1.93. The van der Waals surface area contributed by atoms with Gasteiger partial charge in [-0.1, -0.05) is 0 Å². The summed E-state index contributed by atoms with van der Waals surface area (Å²) in [4.78, 5) is 30.5. The maximum Gasteiger partial charge on any atom is 0.409 e. The molecule has 0 unspecified atom stereocenters. The van der Waals surface area contributed by atoms with Crippen LogP contribution in [-0.2, 0) is 14.3 Å². The van der Waals surface area contributed by atoms with E-state index in [-0.39, 0.29) is 18.0 Å². The first-order chi connectivity index (χ1) is 13.6. The van der Waals surface area contributed by atoms with Crippen molar-refractivity contribution in [1.82, 2.24) is 9.80 Å². The first-order valence-electron chi connectivity index (χ1n) is 9.98. The molecule has 2 aliphatic rings. The predicted octanol–water partition coefficient (Wildman–Crippen LogP) is 1.62. The highest BCUT2D eigenvalue weighted by atomic mass is 16.6. The minimum Gasteiger partial charge on any atom is -0.450 e. The Labute approximate surface area is 166 Å². The first-order valence-corrected chi connectivity index (χ1v) is 9.98. The van der Waals surface area contributed by atoms with E-state index in [2.05, 4.69) is 15.1 Å². The summed E-state index contributed by atoms with van der Waals surface area (Å²) < 4.78 is 10.4. The molecule has 1 aromatic carbocycles. The Morgan fingerprint density at radius 2 is 1.71 bits per heavy atom. The molecule has 8 heteroatoms. The molecule has 0 radical (unpaired) electrons. The largest absolute Gasteiger partial charge is 0.450 e. The highest BCUT2D eigenvalue weighted by Crippen LogP contribution is 2.19. The van der Waals surface area contributed by atoms with Crippen molar-refractivity contribution in [2.24, 2.45) is 0 Å². The average Bonchev–Trinajstić information content (AvgIpc) is 2.74. The lowest BCUT2D eigenvalue weighted by atomic mass is 10.2. The predicted molar refractivity (Wildman–Crippen MR) is 108 cm³/mol. The van der Waals surface area contributed by atoms with Crippen molar-refractivity contribution in [2.45, 2.75) is 19.9 Å². The van der Waals surface area contributed by atoms with E-state index >= 15 is 0 Å². The van der Waals surface area contributed by atoms with Crippen LogP contribution < -0.4 is 10.2 Å². The van der Waals surface area contributed by atoms with Gasteiger partial charge in [0, 0.05) is 50.6 Å². The fraction of sp³-hybridized carbons (Fsp3) is 0.600. The molecule has 0 saturated carbocycles. The SMILES string of the molecule is CCOC(=O)N1CCN([C@H](C)C(=O)Nc2ccc(N3CCOCC3)cc2)CC1. The smallest absolute Gasteiger partial charge is 0.409 e. The van der Waals surface area contributed by atoms with Crippen LogP contribution in [0.3, 0.4) is 0 Å². The monoisotopic (exact) mass is 390 g/mol. The molecule has 2 saturated heterocycles. The Kier molecular flexibility index (Phi) is 7.11. The van der Waals surface area contributed by atoms with Crippen LogP contribution in [0.2, 0.25) is 0 Å². The molecule has 2 heterocycles. The van der Waals surface area contributed by atoms with E-state index in [1.54, 1.807) is 11.8 Å². The number of hydrogen-bond donors (Lipinski definition) is 1. The number of anilines is 2. The zero-order valence-electron chi connectivity index (χ0n) is 16.7. The molecule has 28 heavy (non-hydrogen) atoms. The molecular formula is C20H30N4O4. The Balaban J connectivity index is 1.48. The van der Waals surface area contributed by atoms with Gasteiger partial charge in [-0.15, -0.1) is 0 Å². The fourth-order valence-electron chi connectivity index (χ4n) is 3.50. The number of hydrogen-bond acceptors (Lipinski definition) is 6. The minimum absolute atomic E-state index is 0.0382. The first kappa shape index (κ1) is 20.4. The highest BCUT2D eigenvalue weighted by molar-refractivity contribution is 5.94. The van der Waals surface area contributed by atoms with Crippen LogP contribution in [0.4, 0.5) is 16.2 Å². The molecule has 0 aromatic heterocycles. The second kappa shape index (κ2) is 9.75. The summed E-state index contributed by atoms with van der Waals surface area (Å²) in [6, 6.07) is 7.68. The second-order valence-corrected chi connectivity index (χ2v) is 7.03. The van der Waals surface area contributed by atoms with Gasteiger partial charge in [0.2, 0.25) is 5.91 Å². The van der Waals surface area contributed by atoms with Crippen molar-refractivity contribution in [1.29, 1.82) is 0 Å². The fourth-order valence-corrected chi connectivity index (χ4v) is 3.50. The van der Waals surface area contributed by atoms with Crippen LogP contribution in [0.15, 0.2) is 24.3 Å². The maximum absolute atomic E-state index is 12.6. The number of nitrogens with one attached hydrogen (secondary N) is 1. The zero-order valence-corrected chi connectivity index (χ0v) is 16.7. The van der Waals surface area contributed by atoms with E-state index in [0.29, 0.717) is 32.8 Å².